The Hall–Kier alpha value is -2.14. The average Bonchev–Trinajstić information content (AvgIpc) is 3.00. The highest BCUT2D eigenvalue weighted by molar-refractivity contribution is 7.10. The number of rotatable bonds is 6. The number of benzene rings is 1. The molecule has 1 N–H and O–H groups in total. The predicted octanol–water partition coefficient (Wildman–Crippen LogP) is 3.42. The van der Waals surface area contributed by atoms with Crippen molar-refractivity contribution in [3.8, 4) is 0 Å². The van der Waals surface area contributed by atoms with E-state index in [1.807, 2.05) is 41.8 Å². The Bertz CT molecular complexity index is 620. The number of thiophene rings is 1. The summed E-state index contributed by atoms with van der Waals surface area (Å²) in [4.78, 5) is 24.7. The zero-order valence-corrected chi connectivity index (χ0v) is 13.5. The Morgan fingerprint density at radius 2 is 1.95 bits per heavy atom. The van der Waals surface area contributed by atoms with Crippen molar-refractivity contribution >= 4 is 28.9 Å². The largest absolute Gasteiger partial charge is 0.452 e. The SMILES string of the molecule is CCc1ccc(NC(=O)C(C)OC(=O)Cc2cccs2)cc1. The molecule has 1 aromatic carbocycles. The first kappa shape index (κ1) is 16.2. The number of nitrogens with one attached hydrogen (secondary N) is 1. The van der Waals surface area contributed by atoms with Gasteiger partial charge in [0.05, 0.1) is 6.42 Å². The molecule has 0 bridgehead atoms. The molecule has 1 atom stereocenters. The standard InChI is InChI=1S/C17H19NO3S/c1-3-13-6-8-14(9-7-13)18-17(20)12(2)21-16(19)11-15-5-4-10-22-15/h4-10,12H,3,11H2,1-2H3,(H,18,20). The summed E-state index contributed by atoms with van der Waals surface area (Å²) in [5.74, 6) is -0.727. The summed E-state index contributed by atoms with van der Waals surface area (Å²) in [5, 5.41) is 4.65. The molecule has 22 heavy (non-hydrogen) atoms. The summed E-state index contributed by atoms with van der Waals surface area (Å²) < 4.78 is 5.16. The van der Waals surface area contributed by atoms with Crippen molar-refractivity contribution < 1.29 is 14.3 Å². The van der Waals surface area contributed by atoms with Crippen LogP contribution < -0.4 is 5.32 Å². The molecule has 116 valence electrons. The maximum absolute atomic E-state index is 12.0. The number of carbonyl (C=O) groups is 2. The molecule has 1 amide bonds. The maximum atomic E-state index is 12.0. The first-order chi connectivity index (χ1) is 10.6. The Morgan fingerprint density at radius 1 is 1.23 bits per heavy atom. The fourth-order valence-corrected chi connectivity index (χ4v) is 2.61. The van der Waals surface area contributed by atoms with Gasteiger partial charge in [0, 0.05) is 10.6 Å². The number of hydrogen-bond acceptors (Lipinski definition) is 4. The van der Waals surface area contributed by atoms with Gasteiger partial charge in [0.25, 0.3) is 5.91 Å². The monoisotopic (exact) mass is 317 g/mol. The predicted molar refractivity (Wildman–Crippen MR) is 88.0 cm³/mol. The summed E-state index contributed by atoms with van der Waals surface area (Å²) in [6, 6.07) is 11.4. The second kappa shape index (κ2) is 7.75. The molecular weight excluding hydrogens is 298 g/mol. The lowest BCUT2D eigenvalue weighted by Gasteiger charge is -2.13. The molecule has 4 nitrogen and oxygen atoms in total. The van der Waals surface area contributed by atoms with Gasteiger partial charge in [0.15, 0.2) is 6.10 Å². The molecule has 5 heteroatoms. The van der Waals surface area contributed by atoms with Gasteiger partial charge < -0.3 is 10.1 Å². The molecule has 0 radical (unpaired) electrons. The van der Waals surface area contributed by atoms with E-state index in [1.165, 1.54) is 16.9 Å². The van der Waals surface area contributed by atoms with Crippen molar-refractivity contribution in [1.82, 2.24) is 0 Å². The molecule has 0 saturated carbocycles. The number of esters is 1. The molecule has 0 aliphatic heterocycles. The lowest BCUT2D eigenvalue weighted by atomic mass is 10.1. The Morgan fingerprint density at radius 3 is 2.55 bits per heavy atom. The lowest BCUT2D eigenvalue weighted by Crippen LogP contribution is -2.30. The quantitative estimate of drug-likeness (QED) is 0.831. The topological polar surface area (TPSA) is 55.4 Å². The van der Waals surface area contributed by atoms with Crippen LogP contribution in [0.3, 0.4) is 0 Å². The van der Waals surface area contributed by atoms with E-state index < -0.39 is 12.1 Å². The van der Waals surface area contributed by atoms with Gasteiger partial charge in [0.1, 0.15) is 0 Å². The second-order valence-corrected chi connectivity index (χ2v) is 5.96. The van der Waals surface area contributed by atoms with Crippen LogP contribution >= 0.6 is 11.3 Å². The minimum atomic E-state index is -0.821. The van der Waals surface area contributed by atoms with E-state index in [9.17, 15) is 9.59 Å². The van der Waals surface area contributed by atoms with Crippen LogP contribution in [0.2, 0.25) is 0 Å². The molecule has 2 rings (SSSR count). The highest BCUT2D eigenvalue weighted by Crippen LogP contribution is 2.12. The van der Waals surface area contributed by atoms with Crippen LogP contribution in [0.4, 0.5) is 5.69 Å². The van der Waals surface area contributed by atoms with Crippen molar-refractivity contribution in [1.29, 1.82) is 0 Å². The summed E-state index contributed by atoms with van der Waals surface area (Å²) in [6.07, 6.45) is 0.323. The summed E-state index contributed by atoms with van der Waals surface area (Å²) >= 11 is 1.49. The molecule has 0 fully saturated rings. The van der Waals surface area contributed by atoms with Gasteiger partial charge >= 0.3 is 5.97 Å². The van der Waals surface area contributed by atoms with E-state index in [0.29, 0.717) is 5.69 Å². The van der Waals surface area contributed by atoms with Crippen molar-refractivity contribution in [2.75, 3.05) is 5.32 Å². The van der Waals surface area contributed by atoms with E-state index >= 15 is 0 Å². The van der Waals surface area contributed by atoms with Gasteiger partial charge in [-0.05, 0) is 42.5 Å². The van der Waals surface area contributed by atoms with Gasteiger partial charge in [0.2, 0.25) is 0 Å². The number of ether oxygens (including phenoxy) is 1. The lowest BCUT2D eigenvalue weighted by molar-refractivity contribution is -0.152. The van der Waals surface area contributed by atoms with Crippen LogP contribution in [0.15, 0.2) is 41.8 Å². The summed E-state index contributed by atoms with van der Waals surface area (Å²) in [5.41, 5.74) is 1.90. The van der Waals surface area contributed by atoms with Crippen LogP contribution in [-0.4, -0.2) is 18.0 Å². The molecule has 1 unspecified atom stereocenters. The van der Waals surface area contributed by atoms with Crippen LogP contribution in [-0.2, 0) is 27.2 Å². The smallest absolute Gasteiger partial charge is 0.311 e. The van der Waals surface area contributed by atoms with E-state index in [2.05, 4.69) is 12.2 Å². The van der Waals surface area contributed by atoms with E-state index in [4.69, 9.17) is 4.74 Å². The molecule has 0 aliphatic rings. The van der Waals surface area contributed by atoms with E-state index in [0.717, 1.165) is 11.3 Å². The Balaban J connectivity index is 1.84. The van der Waals surface area contributed by atoms with Crippen molar-refractivity contribution in [2.24, 2.45) is 0 Å². The third-order valence-electron chi connectivity index (χ3n) is 3.21. The van der Waals surface area contributed by atoms with Crippen LogP contribution in [0.5, 0.6) is 0 Å². The van der Waals surface area contributed by atoms with E-state index in [-0.39, 0.29) is 12.3 Å². The first-order valence-corrected chi connectivity index (χ1v) is 8.08. The van der Waals surface area contributed by atoms with Crippen molar-refractivity contribution in [3.05, 3.63) is 52.2 Å². The first-order valence-electron chi connectivity index (χ1n) is 7.20. The highest BCUT2D eigenvalue weighted by Gasteiger charge is 2.18. The van der Waals surface area contributed by atoms with Crippen LogP contribution in [0.25, 0.3) is 0 Å². The number of anilines is 1. The van der Waals surface area contributed by atoms with Crippen LogP contribution in [0.1, 0.15) is 24.3 Å². The number of amides is 1. The Kier molecular flexibility index (Phi) is 5.72. The van der Waals surface area contributed by atoms with Crippen molar-refractivity contribution in [2.45, 2.75) is 32.8 Å². The summed E-state index contributed by atoms with van der Waals surface area (Å²) in [7, 11) is 0. The molecule has 0 saturated heterocycles. The van der Waals surface area contributed by atoms with Gasteiger partial charge in [-0.1, -0.05) is 25.1 Å². The zero-order chi connectivity index (χ0) is 15.9. The molecular formula is C17H19NO3S. The Labute approximate surface area is 134 Å². The highest BCUT2D eigenvalue weighted by atomic mass is 32.1. The van der Waals surface area contributed by atoms with E-state index in [1.54, 1.807) is 6.92 Å². The molecule has 0 aliphatic carbocycles. The van der Waals surface area contributed by atoms with Gasteiger partial charge in [-0.2, -0.15) is 0 Å². The average molecular weight is 317 g/mol. The molecule has 1 heterocycles. The number of hydrogen-bond donors (Lipinski definition) is 1. The number of carbonyl (C=O) groups excluding carboxylic acids is 2. The maximum Gasteiger partial charge on any atom is 0.311 e. The normalized spacial score (nSPS) is 11.7. The zero-order valence-electron chi connectivity index (χ0n) is 12.7. The fraction of sp³-hybridized carbons (Fsp3) is 0.294. The number of aryl methyl sites for hydroxylation is 1. The summed E-state index contributed by atoms with van der Waals surface area (Å²) in [6.45, 7) is 3.64. The third kappa shape index (κ3) is 4.70. The second-order valence-electron chi connectivity index (χ2n) is 4.93. The van der Waals surface area contributed by atoms with Crippen molar-refractivity contribution in [3.63, 3.8) is 0 Å². The molecule has 0 spiro atoms. The van der Waals surface area contributed by atoms with Gasteiger partial charge in [-0.3, -0.25) is 9.59 Å². The minimum absolute atomic E-state index is 0.195. The molecule has 2 aromatic rings. The third-order valence-corrected chi connectivity index (χ3v) is 4.08. The van der Waals surface area contributed by atoms with Gasteiger partial charge in [-0.15, -0.1) is 11.3 Å². The minimum Gasteiger partial charge on any atom is -0.452 e. The van der Waals surface area contributed by atoms with Crippen LogP contribution in [0, 0.1) is 0 Å². The fourth-order valence-electron chi connectivity index (χ4n) is 1.92. The molecule has 1 aromatic heterocycles. The van der Waals surface area contributed by atoms with Gasteiger partial charge in [-0.25, -0.2) is 0 Å².